The molecular weight excluding hydrogens is 494 g/mol. The summed E-state index contributed by atoms with van der Waals surface area (Å²) in [6.07, 6.45) is 3.45. The Morgan fingerprint density at radius 3 is 2.13 bits per heavy atom. The van der Waals surface area contributed by atoms with Gasteiger partial charge >= 0.3 is 5.97 Å². The normalized spacial score (nSPS) is 13.8. The largest absolute Gasteiger partial charge is 0.480 e. The number of carbonyl (C=O) groups excluding carboxylic acids is 3. The molecule has 0 saturated carbocycles. The van der Waals surface area contributed by atoms with Crippen molar-refractivity contribution in [3.63, 3.8) is 0 Å². The second-order valence-corrected chi connectivity index (χ2v) is 8.73. The SMILES string of the molecule is C[C@H](N)C(=O)N[C@@H](Cc1cnc[nH]1)C(=O)N[C@@H](Cc1ccccc1)C(=O)N[C@@H](CCCN=C(N)N)C(=O)O. The van der Waals surface area contributed by atoms with Crippen LogP contribution >= 0.6 is 0 Å². The number of nitrogens with zero attached hydrogens (tertiary/aromatic N) is 2. The molecule has 38 heavy (non-hydrogen) atoms. The van der Waals surface area contributed by atoms with E-state index in [0.717, 1.165) is 5.56 Å². The van der Waals surface area contributed by atoms with Crippen molar-refractivity contribution in [2.45, 2.75) is 56.8 Å². The number of carboxylic acid groups (broad SMARTS) is 1. The number of H-pyrrole nitrogens is 1. The Kier molecular flexibility index (Phi) is 11.7. The maximum absolute atomic E-state index is 13.3. The van der Waals surface area contributed by atoms with Gasteiger partial charge in [-0.1, -0.05) is 30.3 Å². The molecule has 1 heterocycles. The van der Waals surface area contributed by atoms with Crippen molar-refractivity contribution in [1.82, 2.24) is 25.9 Å². The van der Waals surface area contributed by atoms with Crippen molar-refractivity contribution < 1.29 is 24.3 Å². The van der Waals surface area contributed by atoms with E-state index in [9.17, 15) is 24.3 Å². The second kappa shape index (κ2) is 14.9. The number of hydrogen-bond acceptors (Lipinski definition) is 7. The number of amides is 3. The number of nitrogens with one attached hydrogen (secondary N) is 4. The standard InChI is InChI=1S/C24H35N9O5/c1-14(25)20(34)32-19(11-16-12-28-13-30-16)22(36)33-18(10-15-6-3-2-4-7-15)21(35)31-17(23(37)38)8-5-9-29-24(26)27/h2-4,6-7,12-14,17-19H,5,8-11,25H2,1H3,(H,28,30)(H,31,35)(H,32,34)(H,33,36)(H,37,38)(H4,26,27,29)/t14-,17-,18-,19-/m0/s1. The van der Waals surface area contributed by atoms with Gasteiger partial charge in [-0.2, -0.15) is 0 Å². The molecule has 1 aromatic heterocycles. The smallest absolute Gasteiger partial charge is 0.326 e. The number of aromatic nitrogens is 2. The fraction of sp³-hybridized carbons (Fsp3) is 0.417. The first kappa shape index (κ1) is 29.8. The van der Waals surface area contributed by atoms with Gasteiger partial charge in [-0.15, -0.1) is 0 Å². The summed E-state index contributed by atoms with van der Waals surface area (Å²) in [5.41, 5.74) is 17.5. The van der Waals surface area contributed by atoms with Gasteiger partial charge in [-0.25, -0.2) is 9.78 Å². The van der Waals surface area contributed by atoms with Crippen LogP contribution in [0.1, 0.15) is 31.0 Å². The third-order valence-corrected chi connectivity index (χ3v) is 5.50. The summed E-state index contributed by atoms with van der Waals surface area (Å²) in [7, 11) is 0. The van der Waals surface area contributed by atoms with Gasteiger partial charge in [0.05, 0.1) is 12.4 Å². The summed E-state index contributed by atoms with van der Waals surface area (Å²) >= 11 is 0. The molecule has 1 aromatic carbocycles. The Labute approximate surface area is 219 Å². The zero-order valence-electron chi connectivity index (χ0n) is 21.1. The summed E-state index contributed by atoms with van der Waals surface area (Å²) in [4.78, 5) is 61.2. The molecule has 0 spiro atoms. The number of rotatable bonds is 15. The van der Waals surface area contributed by atoms with E-state index in [1.807, 2.05) is 0 Å². The van der Waals surface area contributed by atoms with E-state index in [1.54, 1.807) is 30.3 Å². The Hall–Kier alpha value is -4.46. The number of benzene rings is 1. The van der Waals surface area contributed by atoms with Gasteiger partial charge in [-0.3, -0.25) is 19.4 Å². The van der Waals surface area contributed by atoms with Crippen molar-refractivity contribution in [2.24, 2.45) is 22.2 Å². The zero-order chi connectivity index (χ0) is 28.1. The molecule has 11 N–H and O–H groups in total. The van der Waals surface area contributed by atoms with Gasteiger partial charge in [0.2, 0.25) is 17.7 Å². The van der Waals surface area contributed by atoms with Crippen molar-refractivity contribution in [3.05, 3.63) is 54.1 Å². The van der Waals surface area contributed by atoms with Crippen LogP contribution in [-0.2, 0) is 32.0 Å². The Balaban J connectivity index is 2.21. The fourth-order valence-electron chi connectivity index (χ4n) is 3.49. The number of aliphatic imine (C=N–C) groups is 1. The Morgan fingerprint density at radius 1 is 0.974 bits per heavy atom. The van der Waals surface area contributed by atoms with Crippen LogP contribution in [0.2, 0.25) is 0 Å². The van der Waals surface area contributed by atoms with Gasteiger partial charge < -0.3 is 43.2 Å². The highest BCUT2D eigenvalue weighted by atomic mass is 16.4. The highest BCUT2D eigenvalue weighted by Gasteiger charge is 2.30. The van der Waals surface area contributed by atoms with Gasteiger partial charge in [0.15, 0.2) is 5.96 Å². The van der Waals surface area contributed by atoms with E-state index in [1.165, 1.54) is 19.4 Å². The molecule has 0 saturated heterocycles. The third kappa shape index (κ3) is 10.3. The van der Waals surface area contributed by atoms with Gasteiger partial charge in [0.25, 0.3) is 0 Å². The van der Waals surface area contributed by atoms with E-state index in [2.05, 4.69) is 30.9 Å². The van der Waals surface area contributed by atoms with E-state index < -0.39 is 47.9 Å². The molecule has 0 aliphatic rings. The highest BCUT2D eigenvalue weighted by molar-refractivity contribution is 5.94. The predicted octanol–water partition coefficient (Wildman–Crippen LogP) is -1.87. The second-order valence-electron chi connectivity index (χ2n) is 8.73. The lowest BCUT2D eigenvalue weighted by Crippen LogP contribution is -2.58. The molecule has 14 nitrogen and oxygen atoms in total. The van der Waals surface area contributed by atoms with Crippen molar-refractivity contribution in [3.8, 4) is 0 Å². The van der Waals surface area contributed by atoms with E-state index in [4.69, 9.17) is 17.2 Å². The first-order valence-electron chi connectivity index (χ1n) is 12.0. The molecule has 3 amide bonds. The molecule has 14 heteroatoms. The summed E-state index contributed by atoms with van der Waals surface area (Å²) < 4.78 is 0. The van der Waals surface area contributed by atoms with E-state index >= 15 is 0 Å². The fourth-order valence-corrected chi connectivity index (χ4v) is 3.49. The molecule has 0 unspecified atom stereocenters. The molecule has 2 aromatic rings. The monoisotopic (exact) mass is 529 g/mol. The maximum Gasteiger partial charge on any atom is 0.326 e. The first-order chi connectivity index (χ1) is 18.1. The summed E-state index contributed by atoms with van der Waals surface area (Å²) in [5.74, 6) is -3.26. The van der Waals surface area contributed by atoms with Crippen LogP contribution in [0.5, 0.6) is 0 Å². The van der Waals surface area contributed by atoms with Gasteiger partial charge in [-0.05, 0) is 25.3 Å². The number of carboxylic acids is 1. The first-order valence-corrected chi connectivity index (χ1v) is 12.0. The van der Waals surface area contributed by atoms with Crippen LogP contribution in [0.25, 0.3) is 0 Å². The lowest BCUT2D eigenvalue weighted by atomic mass is 10.0. The van der Waals surface area contributed by atoms with Crippen LogP contribution < -0.4 is 33.2 Å². The third-order valence-electron chi connectivity index (χ3n) is 5.50. The van der Waals surface area contributed by atoms with Gasteiger partial charge in [0.1, 0.15) is 18.1 Å². The number of carbonyl (C=O) groups is 4. The van der Waals surface area contributed by atoms with Crippen molar-refractivity contribution in [1.29, 1.82) is 0 Å². The quantitative estimate of drug-likeness (QED) is 0.0731. The minimum atomic E-state index is -1.24. The number of nitrogens with two attached hydrogens (primary N) is 3. The molecule has 2 rings (SSSR count). The summed E-state index contributed by atoms with van der Waals surface area (Å²) in [5, 5.41) is 17.3. The lowest BCUT2D eigenvalue weighted by Gasteiger charge is -2.25. The van der Waals surface area contributed by atoms with Crippen LogP contribution in [0.15, 0.2) is 47.8 Å². The molecule has 0 fully saturated rings. The van der Waals surface area contributed by atoms with E-state index in [0.29, 0.717) is 12.1 Å². The number of guanidine groups is 1. The topological polar surface area (TPSA) is 244 Å². The minimum Gasteiger partial charge on any atom is -0.480 e. The molecule has 206 valence electrons. The van der Waals surface area contributed by atoms with Crippen LogP contribution in [0, 0.1) is 0 Å². The number of imidazole rings is 1. The zero-order valence-corrected chi connectivity index (χ0v) is 21.1. The predicted molar refractivity (Wildman–Crippen MR) is 139 cm³/mol. The van der Waals surface area contributed by atoms with E-state index in [-0.39, 0.29) is 31.8 Å². The van der Waals surface area contributed by atoms with Crippen LogP contribution in [0.3, 0.4) is 0 Å². The molecular formula is C24H35N9O5. The molecule has 0 aliphatic carbocycles. The lowest BCUT2D eigenvalue weighted by molar-refractivity contribution is -0.142. The summed E-state index contributed by atoms with van der Waals surface area (Å²) in [6, 6.07) is 4.59. The highest BCUT2D eigenvalue weighted by Crippen LogP contribution is 2.07. The van der Waals surface area contributed by atoms with Crippen molar-refractivity contribution >= 4 is 29.7 Å². The minimum absolute atomic E-state index is 0.0620. The molecule has 0 bridgehead atoms. The Morgan fingerprint density at radius 2 is 1.58 bits per heavy atom. The number of hydrogen-bond donors (Lipinski definition) is 8. The number of aliphatic carboxylic acids is 1. The number of aromatic amines is 1. The molecule has 0 radical (unpaired) electrons. The van der Waals surface area contributed by atoms with Gasteiger partial charge in [0, 0.05) is 31.3 Å². The van der Waals surface area contributed by atoms with Crippen molar-refractivity contribution in [2.75, 3.05) is 6.54 Å². The van der Waals surface area contributed by atoms with Crippen LogP contribution in [-0.4, -0.2) is 75.4 Å². The average Bonchev–Trinajstić information content (AvgIpc) is 3.38. The summed E-state index contributed by atoms with van der Waals surface area (Å²) in [6.45, 7) is 1.67. The maximum atomic E-state index is 13.3. The Bertz CT molecular complexity index is 1090. The average molecular weight is 530 g/mol. The van der Waals surface area contributed by atoms with Crippen LogP contribution in [0.4, 0.5) is 0 Å². The molecule has 4 atom stereocenters. The molecule has 0 aliphatic heterocycles.